The second-order valence-electron chi connectivity index (χ2n) is 7.24. The largest absolute Gasteiger partial charge is 0.353 e. The van der Waals surface area contributed by atoms with E-state index in [9.17, 15) is 9.59 Å². The number of hydrogen-bond donors (Lipinski definition) is 1. The summed E-state index contributed by atoms with van der Waals surface area (Å²) in [5.41, 5.74) is 3.30. The summed E-state index contributed by atoms with van der Waals surface area (Å²) in [6.45, 7) is 8.87. The molecule has 2 atom stereocenters. The summed E-state index contributed by atoms with van der Waals surface area (Å²) in [7, 11) is 1.84. The Balaban J connectivity index is 1.64. The zero-order valence-electron chi connectivity index (χ0n) is 16.3. The first-order valence-corrected chi connectivity index (χ1v) is 9.66. The van der Waals surface area contributed by atoms with E-state index < -0.39 is 0 Å². The highest BCUT2D eigenvalue weighted by molar-refractivity contribution is 5.94. The topological polar surface area (TPSA) is 53.8 Å². The minimum Gasteiger partial charge on any atom is -0.353 e. The molecular weight excluding hydrogens is 350 g/mol. The normalized spacial score (nSPS) is 18.3. The Hall–Kier alpha value is -3.13. The Bertz CT molecular complexity index is 882. The molecule has 5 heteroatoms. The fourth-order valence-corrected chi connectivity index (χ4v) is 3.67. The fourth-order valence-electron chi connectivity index (χ4n) is 3.67. The quantitative estimate of drug-likeness (QED) is 0.787. The predicted octanol–water partition coefficient (Wildman–Crippen LogP) is 4.42. The Kier molecular flexibility index (Phi) is 6.10. The number of nitrogens with one attached hydrogen (secondary N) is 1. The second kappa shape index (κ2) is 8.71. The molecule has 1 aliphatic rings. The first kappa shape index (κ1) is 19.6. The third-order valence-corrected chi connectivity index (χ3v) is 5.42. The second-order valence-corrected chi connectivity index (χ2v) is 7.24. The van der Waals surface area contributed by atoms with Crippen molar-refractivity contribution in [2.75, 3.05) is 7.05 Å². The van der Waals surface area contributed by atoms with Crippen molar-refractivity contribution in [2.45, 2.75) is 44.7 Å². The molecule has 0 heterocycles. The van der Waals surface area contributed by atoms with Gasteiger partial charge in [-0.1, -0.05) is 43.3 Å². The summed E-state index contributed by atoms with van der Waals surface area (Å²) in [5.74, 6) is 0.0713. The number of hydrogen-bond acceptors (Lipinski definition) is 2. The Labute approximate surface area is 166 Å². The Morgan fingerprint density at radius 3 is 2.25 bits per heavy atom. The van der Waals surface area contributed by atoms with E-state index in [0.29, 0.717) is 17.7 Å². The maximum atomic E-state index is 12.9. The van der Waals surface area contributed by atoms with Gasteiger partial charge in [0.15, 0.2) is 5.69 Å². The van der Waals surface area contributed by atoms with Crippen LogP contribution in [-0.2, 0) is 4.79 Å². The van der Waals surface area contributed by atoms with Gasteiger partial charge in [-0.25, -0.2) is 4.85 Å². The molecule has 144 valence electrons. The third-order valence-electron chi connectivity index (χ3n) is 5.42. The number of benzene rings is 2. The molecule has 1 fully saturated rings. The maximum Gasteiger partial charge on any atom is 0.253 e. The van der Waals surface area contributed by atoms with Gasteiger partial charge in [-0.05, 0) is 42.5 Å². The molecule has 28 heavy (non-hydrogen) atoms. The minimum atomic E-state index is 0.00220. The number of carbonyl (C=O) groups excluding carboxylic acids is 2. The van der Waals surface area contributed by atoms with Gasteiger partial charge in [0, 0.05) is 31.1 Å². The fraction of sp³-hybridized carbons (Fsp3) is 0.348. The van der Waals surface area contributed by atoms with Crippen molar-refractivity contribution in [1.29, 1.82) is 0 Å². The maximum absolute atomic E-state index is 12.9. The van der Waals surface area contributed by atoms with Crippen molar-refractivity contribution in [3.8, 4) is 11.1 Å². The molecule has 1 aliphatic carbocycles. The first-order chi connectivity index (χ1) is 13.5. The van der Waals surface area contributed by atoms with Crippen molar-refractivity contribution < 1.29 is 9.59 Å². The number of amides is 2. The highest BCUT2D eigenvalue weighted by Crippen LogP contribution is 2.26. The van der Waals surface area contributed by atoms with E-state index in [-0.39, 0.29) is 23.9 Å². The van der Waals surface area contributed by atoms with E-state index in [0.717, 1.165) is 30.4 Å². The summed E-state index contributed by atoms with van der Waals surface area (Å²) >= 11 is 0. The minimum absolute atomic E-state index is 0.00220. The first-order valence-electron chi connectivity index (χ1n) is 9.66. The van der Waals surface area contributed by atoms with Gasteiger partial charge in [-0.2, -0.15) is 0 Å². The van der Waals surface area contributed by atoms with Gasteiger partial charge in [-0.15, -0.1) is 0 Å². The van der Waals surface area contributed by atoms with E-state index in [1.165, 1.54) is 0 Å². The smallest absolute Gasteiger partial charge is 0.253 e. The Morgan fingerprint density at radius 1 is 1.07 bits per heavy atom. The molecular formula is C23H25N3O2. The van der Waals surface area contributed by atoms with Gasteiger partial charge < -0.3 is 10.2 Å². The van der Waals surface area contributed by atoms with E-state index >= 15 is 0 Å². The zero-order valence-corrected chi connectivity index (χ0v) is 16.3. The van der Waals surface area contributed by atoms with Gasteiger partial charge >= 0.3 is 0 Å². The van der Waals surface area contributed by atoms with Crippen LogP contribution < -0.4 is 5.32 Å². The zero-order chi connectivity index (χ0) is 20.1. The predicted molar refractivity (Wildman–Crippen MR) is 110 cm³/mol. The molecule has 0 unspecified atom stereocenters. The summed E-state index contributed by atoms with van der Waals surface area (Å²) in [5, 5.41) is 3.03. The molecule has 2 aromatic carbocycles. The van der Waals surface area contributed by atoms with E-state index in [1.807, 2.05) is 50.4 Å². The standard InChI is InChI=1S/C23H25N3O2/c1-4-22(27)25-20-13-14-21(15-20)26(3)23(28)18-7-5-16(6-8-18)17-9-11-19(24-2)12-10-17/h5-12,20-21H,4,13-15H2,1,3H3,(H,25,27)/t20-,21+/m0/s1. The van der Waals surface area contributed by atoms with Crippen molar-refractivity contribution in [3.05, 3.63) is 65.5 Å². The summed E-state index contributed by atoms with van der Waals surface area (Å²) in [6.07, 6.45) is 3.11. The van der Waals surface area contributed by atoms with Crippen LogP contribution in [-0.4, -0.2) is 35.8 Å². The van der Waals surface area contributed by atoms with Crippen LogP contribution in [0.4, 0.5) is 5.69 Å². The number of rotatable bonds is 5. The molecule has 0 aromatic heterocycles. The highest BCUT2D eigenvalue weighted by Gasteiger charge is 2.30. The van der Waals surface area contributed by atoms with Crippen LogP contribution in [0.25, 0.3) is 16.0 Å². The highest BCUT2D eigenvalue weighted by atomic mass is 16.2. The number of nitrogens with zero attached hydrogens (tertiary/aromatic N) is 2. The van der Waals surface area contributed by atoms with Gasteiger partial charge in [0.05, 0.1) is 6.57 Å². The molecule has 1 saturated carbocycles. The summed E-state index contributed by atoms with van der Waals surface area (Å²) in [4.78, 5) is 29.6. The van der Waals surface area contributed by atoms with Gasteiger partial charge in [0.1, 0.15) is 0 Å². The average Bonchev–Trinajstić information content (AvgIpc) is 3.21. The lowest BCUT2D eigenvalue weighted by molar-refractivity contribution is -0.121. The monoisotopic (exact) mass is 375 g/mol. The van der Waals surface area contributed by atoms with Gasteiger partial charge in [0.2, 0.25) is 5.91 Å². The van der Waals surface area contributed by atoms with Crippen LogP contribution in [0.3, 0.4) is 0 Å². The lowest BCUT2D eigenvalue weighted by atomic mass is 10.0. The average molecular weight is 375 g/mol. The lowest BCUT2D eigenvalue weighted by Gasteiger charge is -2.25. The van der Waals surface area contributed by atoms with Crippen LogP contribution in [0.2, 0.25) is 0 Å². The van der Waals surface area contributed by atoms with Crippen molar-refractivity contribution in [2.24, 2.45) is 0 Å². The Morgan fingerprint density at radius 2 is 1.68 bits per heavy atom. The molecule has 2 aromatic rings. The van der Waals surface area contributed by atoms with Crippen molar-refractivity contribution in [1.82, 2.24) is 10.2 Å². The molecule has 2 amide bonds. The molecule has 3 rings (SSSR count). The van der Waals surface area contributed by atoms with Gasteiger partial charge in [-0.3, -0.25) is 9.59 Å². The van der Waals surface area contributed by atoms with Crippen LogP contribution in [0.5, 0.6) is 0 Å². The lowest BCUT2D eigenvalue weighted by Crippen LogP contribution is -2.38. The summed E-state index contributed by atoms with van der Waals surface area (Å²) in [6, 6.07) is 15.3. The van der Waals surface area contributed by atoms with Gasteiger partial charge in [0.25, 0.3) is 5.91 Å². The van der Waals surface area contributed by atoms with Crippen LogP contribution in [0.1, 0.15) is 43.0 Å². The molecule has 0 bridgehead atoms. The van der Waals surface area contributed by atoms with Crippen LogP contribution in [0.15, 0.2) is 48.5 Å². The molecule has 0 radical (unpaired) electrons. The molecule has 0 saturated heterocycles. The van der Waals surface area contributed by atoms with E-state index in [1.54, 1.807) is 17.0 Å². The van der Waals surface area contributed by atoms with Crippen LogP contribution in [0, 0.1) is 6.57 Å². The molecule has 0 aliphatic heterocycles. The van der Waals surface area contributed by atoms with Crippen LogP contribution >= 0.6 is 0 Å². The van der Waals surface area contributed by atoms with E-state index in [2.05, 4.69) is 10.2 Å². The van der Waals surface area contributed by atoms with Crippen molar-refractivity contribution >= 4 is 17.5 Å². The van der Waals surface area contributed by atoms with Crippen molar-refractivity contribution in [3.63, 3.8) is 0 Å². The third kappa shape index (κ3) is 4.40. The van der Waals surface area contributed by atoms with E-state index in [4.69, 9.17) is 6.57 Å². The summed E-state index contributed by atoms with van der Waals surface area (Å²) < 4.78 is 0. The molecule has 5 nitrogen and oxygen atoms in total. The SMILES string of the molecule is [C-]#[N+]c1ccc(-c2ccc(C(=O)N(C)[C@@H]3CC[C@H](NC(=O)CC)C3)cc2)cc1. The molecule has 1 N–H and O–H groups in total. The number of carbonyl (C=O) groups is 2. The molecule has 0 spiro atoms.